The van der Waals surface area contributed by atoms with Gasteiger partial charge in [0.15, 0.2) is 0 Å². The third kappa shape index (κ3) is 5.35. The molecule has 0 spiro atoms. The van der Waals surface area contributed by atoms with E-state index in [-0.39, 0.29) is 16.6 Å². The number of benzene rings is 3. The highest BCUT2D eigenvalue weighted by atomic mass is 35.5. The van der Waals surface area contributed by atoms with E-state index in [2.05, 4.69) is 5.32 Å². The van der Waals surface area contributed by atoms with Crippen LogP contribution in [0.2, 0.25) is 5.02 Å². The molecular weight excluding hydrogens is 412 g/mol. The highest BCUT2D eigenvalue weighted by Crippen LogP contribution is 2.32. The van der Waals surface area contributed by atoms with Crippen molar-refractivity contribution >= 4 is 33.2 Å². The van der Waals surface area contributed by atoms with Crippen molar-refractivity contribution in [2.24, 2.45) is 5.14 Å². The molecule has 0 saturated carbocycles. The number of ether oxygens (including phenoxy) is 1. The van der Waals surface area contributed by atoms with E-state index in [0.29, 0.717) is 16.5 Å². The first kappa shape index (κ1) is 20.9. The molecule has 0 radical (unpaired) electrons. The normalized spacial score (nSPS) is 12.2. The Morgan fingerprint density at radius 2 is 1.76 bits per heavy atom. The number of sulfonamides is 1. The molecule has 0 aromatic heterocycles. The minimum Gasteiger partial charge on any atom is -0.456 e. The number of nitrogens with one attached hydrogen (secondary N) is 1. The van der Waals surface area contributed by atoms with Crippen LogP contribution in [0.25, 0.3) is 0 Å². The summed E-state index contributed by atoms with van der Waals surface area (Å²) in [6.07, 6.45) is 0. The predicted octanol–water partition coefficient (Wildman–Crippen LogP) is 4.52. The second-order valence-corrected chi connectivity index (χ2v) is 8.35. The average Bonchev–Trinajstić information content (AvgIpc) is 2.68. The van der Waals surface area contributed by atoms with Gasteiger partial charge in [0.05, 0.1) is 5.92 Å². The van der Waals surface area contributed by atoms with Crippen LogP contribution in [0, 0.1) is 0 Å². The van der Waals surface area contributed by atoms with E-state index in [9.17, 15) is 13.2 Å². The summed E-state index contributed by atoms with van der Waals surface area (Å²) in [5.74, 6) is -0.308. The van der Waals surface area contributed by atoms with E-state index < -0.39 is 15.9 Å². The largest absolute Gasteiger partial charge is 0.456 e. The smallest absolute Gasteiger partial charge is 0.241 e. The molecule has 0 aliphatic carbocycles. The van der Waals surface area contributed by atoms with Crippen LogP contribution in [0.4, 0.5) is 5.69 Å². The Balaban J connectivity index is 1.87. The maximum absolute atomic E-state index is 12.5. The summed E-state index contributed by atoms with van der Waals surface area (Å²) < 4.78 is 29.8. The third-order valence-corrected chi connectivity index (χ3v) is 5.40. The van der Waals surface area contributed by atoms with Gasteiger partial charge in [-0.1, -0.05) is 48.0 Å². The fourth-order valence-corrected chi connectivity index (χ4v) is 3.56. The molecule has 0 unspecified atom stereocenters. The molecule has 3 rings (SSSR count). The Morgan fingerprint density at radius 1 is 1.03 bits per heavy atom. The highest BCUT2D eigenvalue weighted by Gasteiger charge is 2.20. The van der Waals surface area contributed by atoms with Crippen LogP contribution in [0.5, 0.6) is 11.5 Å². The molecule has 3 N–H and O–H groups in total. The third-order valence-electron chi connectivity index (χ3n) is 4.23. The lowest BCUT2D eigenvalue weighted by Crippen LogP contribution is -2.19. The zero-order valence-corrected chi connectivity index (χ0v) is 17.1. The Hall–Kier alpha value is -2.87. The van der Waals surface area contributed by atoms with Gasteiger partial charge in [-0.2, -0.15) is 0 Å². The zero-order chi connectivity index (χ0) is 21.0. The van der Waals surface area contributed by atoms with Crippen molar-refractivity contribution in [1.82, 2.24) is 0 Å². The van der Waals surface area contributed by atoms with Crippen molar-refractivity contribution in [1.29, 1.82) is 0 Å². The highest BCUT2D eigenvalue weighted by molar-refractivity contribution is 7.89. The summed E-state index contributed by atoms with van der Waals surface area (Å²) in [5.41, 5.74) is 1.14. The lowest BCUT2D eigenvalue weighted by Gasteiger charge is -2.15. The number of hydrogen-bond acceptors (Lipinski definition) is 4. The van der Waals surface area contributed by atoms with Crippen LogP contribution >= 0.6 is 11.6 Å². The summed E-state index contributed by atoms with van der Waals surface area (Å²) in [5, 5.41) is 8.51. The lowest BCUT2D eigenvalue weighted by molar-refractivity contribution is -0.117. The first-order chi connectivity index (χ1) is 13.7. The van der Waals surface area contributed by atoms with E-state index in [4.69, 9.17) is 21.5 Å². The SMILES string of the molecule is C[C@H](C(=O)Nc1ccc(Oc2cccc(Cl)c2)c(S(N)(=O)=O)c1)c1ccccc1. The second-order valence-electron chi connectivity index (χ2n) is 6.39. The Kier molecular flexibility index (Phi) is 6.22. The Labute approximate surface area is 174 Å². The summed E-state index contributed by atoms with van der Waals surface area (Å²) in [4.78, 5) is 12.3. The minimum absolute atomic E-state index is 0.0314. The average molecular weight is 431 g/mol. The molecule has 1 atom stereocenters. The van der Waals surface area contributed by atoms with Crippen molar-refractivity contribution in [3.8, 4) is 11.5 Å². The number of halogens is 1. The molecule has 6 nitrogen and oxygen atoms in total. The molecule has 0 saturated heterocycles. The van der Waals surface area contributed by atoms with Crippen LogP contribution in [-0.4, -0.2) is 14.3 Å². The molecule has 0 fully saturated rings. The zero-order valence-electron chi connectivity index (χ0n) is 15.5. The van der Waals surface area contributed by atoms with Gasteiger partial charge in [0.25, 0.3) is 0 Å². The number of amides is 1. The predicted molar refractivity (Wildman–Crippen MR) is 113 cm³/mol. The number of hydrogen-bond donors (Lipinski definition) is 2. The van der Waals surface area contributed by atoms with E-state index in [1.165, 1.54) is 12.1 Å². The van der Waals surface area contributed by atoms with Crippen LogP contribution < -0.4 is 15.2 Å². The van der Waals surface area contributed by atoms with Gasteiger partial charge in [0, 0.05) is 10.7 Å². The fourth-order valence-electron chi connectivity index (χ4n) is 2.69. The first-order valence-corrected chi connectivity index (χ1v) is 10.6. The number of nitrogens with two attached hydrogens (primary N) is 1. The first-order valence-electron chi connectivity index (χ1n) is 8.70. The summed E-state index contributed by atoms with van der Waals surface area (Å²) >= 11 is 5.93. The molecule has 0 aliphatic rings. The fraction of sp³-hybridized carbons (Fsp3) is 0.0952. The van der Waals surface area contributed by atoms with Gasteiger partial charge in [-0.05, 0) is 48.9 Å². The van der Waals surface area contributed by atoms with Gasteiger partial charge in [-0.3, -0.25) is 4.79 Å². The van der Waals surface area contributed by atoms with Gasteiger partial charge < -0.3 is 10.1 Å². The van der Waals surface area contributed by atoms with Gasteiger partial charge in [-0.25, -0.2) is 13.6 Å². The Bertz CT molecular complexity index is 1130. The van der Waals surface area contributed by atoms with E-state index in [0.717, 1.165) is 5.56 Å². The molecule has 150 valence electrons. The van der Waals surface area contributed by atoms with Crippen LogP contribution in [0.15, 0.2) is 77.7 Å². The molecule has 8 heteroatoms. The standard InChI is InChI=1S/C21H19ClN2O4S/c1-14(15-6-3-2-4-7-15)21(25)24-17-10-11-19(20(13-17)29(23,26)27)28-18-9-5-8-16(22)12-18/h2-14H,1H3,(H,24,25)(H2,23,26,27)/t14-/m0/s1. The maximum atomic E-state index is 12.5. The minimum atomic E-state index is -4.10. The number of rotatable bonds is 6. The van der Waals surface area contributed by atoms with E-state index in [1.54, 1.807) is 37.3 Å². The van der Waals surface area contributed by atoms with Crippen LogP contribution in [0.3, 0.4) is 0 Å². The van der Waals surface area contributed by atoms with Gasteiger partial charge in [-0.15, -0.1) is 0 Å². The molecule has 29 heavy (non-hydrogen) atoms. The van der Waals surface area contributed by atoms with Gasteiger partial charge >= 0.3 is 0 Å². The lowest BCUT2D eigenvalue weighted by atomic mass is 10.0. The summed E-state index contributed by atoms with van der Waals surface area (Å²) in [6, 6.07) is 20.0. The molecule has 0 heterocycles. The molecule has 3 aromatic carbocycles. The van der Waals surface area contributed by atoms with Crippen LogP contribution in [0.1, 0.15) is 18.4 Å². The summed E-state index contributed by atoms with van der Waals surface area (Å²) in [7, 11) is -4.10. The topological polar surface area (TPSA) is 98.5 Å². The van der Waals surface area contributed by atoms with Crippen molar-refractivity contribution in [3.63, 3.8) is 0 Å². The monoisotopic (exact) mass is 430 g/mol. The Morgan fingerprint density at radius 3 is 2.41 bits per heavy atom. The molecule has 0 bridgehead atoms. The van der Waals surface area contributed by atoms with Crippen molar-refractivity contribution in [2.45, 2.75) is 17.7 Å². The van der Waals surface area contributed by atoms with Crippen molar-refractivity contribution < 1.29 is 17.9 Å². The van der Waals surface area contributed by atoms with Crippen molar-refractivity contribution in [3.05, 3.63) is 83.4 Å². The molecular formula is C21H19ClN2O4S. The van der Waals surface area contributed by atoms with Crippen molar-refractivity contribution in [2.75, 3.05) is 5.32 Å². The van der Waals surface area contributed by atoms with Gasteiger partial charge in [0.1, 0.15) is 16.4 Å². The maximum Gasteiger partial charge on any atom is 0.241 e. The quantitative estimate of drug-likeness (QED) is 0.600. The van der Waals surface area contributed by atoms with E-state index in [1.807, 2.05) is 30.3 Å². The number of primary sulfonamides is 1. The summed E-state index contributed by atoms with van der Waals surface area (Å²) in [6.45, 7) is 1.77. The number of carbonyl (C=O) groups excluding carboxylic acids is 1. The number of carbonyl (C=O) groups is 1. The van der Waals surface area contributed by atoms with Gasteiger partial charge in [0.2, 0.25) is 15.9 Å². The van der Waals surface area contributed by atoms with E-state index >= 15 is 0 Å². The molecule has 3 aromatic rings. The molecule has 0 aliphatic heterocycles. The number of anilines is 1. The van der Waals surface area contributed by atoms with Crippen LogP contribution in [-0.2, 0) is 14.8 Å². The molecule has 1 amide bonds. The second kappa shape index (κ2) is 8.65.